The number of carbonyl (C=O) groups is 1. The van der Waals surface area contributed by atoms with Gasteiger partial charge in [-0.1, -0.05) is 81.5 Å². The molecule has 0 aliphatic carbocycles. The number of carbonyl (C=O) groups excluding carboxylic acids is 1. The van der Waals surface area contributed by atoms with Crippen molar-refractivity contribution in [3.8, 4) is 39.8 Å². The molecule has 6 heteroatoms. The van der Waals surface area contributed by atoms with Gasteiger partial charge in [-0.15, -0.1) is 0 Å². The molecule has 234 valence electrons. The lowest BCUT2D eigenvalue weighted by Crippen LogP contribution is -2.04. The van der Waals surface area contributed by atoms with Crippen LogP contribution in [-0.2, 0) is 17.6 Å². The van der Waals surface area contributed by atoms with E-state index in [-0.39, 0.29) is 23.7 Å². The van der Waals surface area contributed by atoms with Crippen LogP contribution in [0.4, 0.5) is 0 Å². The van der Waals surface area contributed by atoms with E-state index in [9.17, 15) is 15.0 Å². The van der Waals surface area contributed by atoms with Crippen molar-refractivity contribution in [2.24, 2.45) is 0 Å². The number of nitrogens with zero attached hydrogens (tertiary/aromatic N) is 1. The fourth-order valence-corrected chi connectivity index (χ4v) is 5.66. The molecule has 0 radical (unpaired) electrons. The molecule has 4 rings (SSSR count). The number of aromatic hydroxyl groups is 2. The molecule has 2 N–H and O–H groups in total. The monoisotopic (exact) mass is 597 g/mol. The summed E-state index contributed by atoms with van der Waals surface area (Å²) in [6.07, 6.45) is 16.7. The topological polar surface area (TPSA) is 92.8 Å². The van der Waals surface area contributed by atoms with Gasteiger partial charge in [0.25, 0.3) is 0 Å². The molecule has 0 aliphatic heterocycles. The number of benzene rings is 3. The fraction of sp³-hybridized carbons (Fsp3) is 0.421. The van der Waals surface area contributed by atoms with Crippen molar-refractivity contribution in [1.82, 2.24) is 5.16 Å². The normalized spacial score (nSPS) is 11.1. The quantitative estimate of drug-likeness (QED) is 0.0985. The van der Waals surface area contributed by atoms with Gasteiger partial charge in [0.05, 0.1) is 7.11 Å². The van der Waals surface area contributed by atoms with Gasteiger partial charge in [-0.2, -0.15) is 0 Å². The Morgan fingerprint density at radius 1 is 0.659 bits per heavy atom. The van der Waals surface area contributed by atoms with E-state index < -0.39 is 0 Å². The standard InChI is InChI=1S/C38H47NO5/c1-43-35-26-16-29(17-27-35)14-12-10-8-6-4-2-3-5-7-9-11-13-15-34(42)28-36-37(30-18-22-32(40)23-19-30)39-44-38(36)31-20-24-33(41)25-21-31/h16-27,40-41H,2-15,28H2,1H3. The minimum absolute atomic E-state index is 0.164. The van der Waals surface area contributed by atoms with Crippen LogP contribution >= 0.6 is 0 Å². The van der Waals surface area contributed by atoms with Crippen LogP contribution in [0.15, 0.2) is 77.3 Å². The highest BCUT2D eigenvalue weighted by Crippen LogP contribution is 2.34. The maximum Gasteiger partial charge on any atom is 0.171 e. The van der Waals surface area contributed by atoms with E-state index in [0.29, 0.717) is 17.9 Å². The molecular formula is C38H47NO5. The lowest BCUT2D eigenvalue weighted by molar-refractivity contribution is -0.118. The molecular weight excluding hydrogens is 550 g/mol. The minimum Gasteiger partial charge on any atom is -0.508 e. The SMILES string of the molecule is COc1ccc(CCCCCCCCCCCCCCC(=O)Cc2c(-c3ccc(O)cc3)noc2-c2ccc(O)cc2)cc1. The second-order valence-corrected chi connectivity index (χ2v) is 11.7. The molecule has 0 fully saturated rings. The summed E-state index contributed by atoms with van der Waals surface area (Å²) < 4.78 is 10.9. The summed E-state index contributed by atoms with van der Waals surface area (Å²) in [6.45, 7) is 0. The first-order valence-corrected chi connectivity index (χ1v) is 16.3. The number of phenols is 2. The summed E-state index contributed by atoms with van der Waals surface area (Å²) in [5.41, 5.74) is 4.28. The number of methoxy groups -OCH3 is 1. The molecule has 1 heterocycles. The van der Waals surface area contributed by atoms with Crippen LogP contribution < -0.4 is 4.74 Å². The number of hydrogen-bond donors (Lipinski definition) is 2. The zero-order valence-corrected chi connectivity index (χ0v) is 26.1. The number of hydrogen-bond acceptors (Lipinski definition) is 6. The number of aromatic nitrogens is 1. The molecule has 0 atom stereocenters. The third-order valence-corrected chi connectivity index (χ3v) is 8.26. The third-order valence-electron chi connectivity index (χ3n) is 8.26. The Morgan fingerprint density at radius 3 is 1.70 bits per heavy atom. The van der Waals surface area contributed by atoms with E-state index >= 15 is 0 Å². The van der Waals surface area contributed by atoms with Gasteiger partial charge in [0, 0.05) is 29.5 Å². The zero-order chi connectivity index (χ0) is 31.0. The van der Waals surface area contributed by atoms with Gasteiger partial charge < -0.3 is 19.5 Å². The van der Waals surface area contributed by atoms with E-state index in [1.807, 2.05) is 12.1 Å². The van der Waals surface area contributed by atoms with E-state index in [1.54, 1.807) is 55.6 Å². The van der Waals surface area contributed by atoms with E-state index in [0.717, 1.165) is 41.7 Å². The highest BCUT2D eigenvalue weighted by Gasteiger charge is 2.21. The fourth-order valence-electron chi connectivity index (χ4n) is 5.66. The average molecular weight is 598 g/mol. The summed E-state index contributed by atoms with van der Waals surface area (Å²) >= 11 is 0. The van der Waals surface area contributed by atoms with Crippen LogP contribution in [0, 0.1) is 0 Å². The first kappa shape index (κ1) is 32.8. The maximum atomic E-state index is 13.0. The molecule has 44 heavy (non-hydrogen) atoms. The van der Waals surface area contributed by atoms with Gasteiger partial charge in [0.15, 0.2) is 5.76 Å². The van der Waals surface area contributed by atoms with Crippen molar-refractivity contribution >= 4 is 5.78 Å². The first-order valence-electron chi connectivity index (χ1n) is 16.3. The summed E-state index contributed by atoms with van der Waals surface area (Å²) in [6, 6.07) is 21.9. The molecule has 0 aliphatic rings. The van der Waals surface area contributed by atoms with Gasteiger partial charge in [-0.25, -0.2) is 0 Å². The lowest BCUT2D eigenvalue weighted by atomic mass is 9.96. The highest BCUT2D eigenvalue weighted by atomic mass is 16.5. The molecule has 0 spiro atoms. The maximum absolute atomic E-state index is 13.0. The average Bonchev–Trinajstić information content (AvgIpc) is 3.45. The third kappa shape index (κ3) is 10.6. The van der Waals surface area contributed by atoms with Crippen LogP contribution in [-0.4, -0.2) is 28.3 Å². The molecule has 3 aromatic carbocycles. The predicted octanol–water partition coefficient (Wildman–Crippen LogP) is 9.85. The Kier molecular flexibility index (Phi) is 13.4. The molecule has 0 saturated carbocycles. The summed E-state index contributed by atoms with van der Waals surface area (Å²) in [7, 11) is 1.71. The van der Waals surface area contributed by atoms with Crippen molar-refractivity contribution in [2.45, 2.75) is 96.3 Å². The number of phenolic OH excluding ortho intramolecular Hbond substituents is 2. The number of Topliss-reactive ketones (excluding diaryl/α,β-unsaturated/α-hetero) is 1. The van der Waals surface area contributed by atoms with Gasteiger partial charge in [-0.3, -0.25) is 4.79 Å². The van der Waals surface area contributed by atoms with Crippen LogP contribution in [0.25, 0.3) is 22.6 Å². The molecule has 1 aromatic heterocycles. The van der Waals surface area contributed by atoms with Crippen LogP contribution in [0.2, 0.25) is 0 Å². The second-order valence-electron chi connectivity index (χ2n) is 11.7. The summed E-state index contributed by atoms with van der Waals surface area (Å²) in [5.74, 6) is 1.96. The van der Waals surface area contributed by atoms with Crippen LogP contribution in [0.1, 0.15) is 94.6 Å². The van der Waals surface area contributed by atoms with E-state index in [4.69, 9.17) is 9.26 Å². The number of unbranched alkanes of at least 4 members (excludes halogenated alkanes) is 11. The predicted molar refractivity (Wildman–Crippen MR) is 176 cm³/mol. The molecule has 0 saturated heterocycles. The lowest BCUT2D eigenvalue weighted by Gasteiger charge is -2.06. The van der Waals surface area contributed by atoms with Crippen LogP contribution in [0.5, 0.6) is 17.2 Å². The largest absolute Gasteiger partial charge is 0.508 e. The van der Waals surface area contributed by atoms with Crippen LogP contribution in [0.3, 0.4) is 0 Å². The van der Waals surface area contributed by atoms with Gasteiger partial charge in [-0.05, 0) is 85.5 Å². The number of rotatable bonds is 20. The minimum atomic E-state index is 0.164. The first-order chi connectivity index (χ1) is 21.5. The highest BCUT2D eigenvalue weighted by molar-refractivity contribution is 5.86. The van der Waals surface area contributed by atoms with E-state index in [1.165, 1.54) is 69.8 Å². The van der Waals surface area contributed by atoms with Crippen molar-refractivity contribution < 1.29 is 24.3 Å². The van der Waals surface area contributed by atoms with Gasteiger partial charge in [0.2, 0.25) is 0 Å². The molecule has 6 nitrogen and oxygen atoms in total. The number of aryl methyl sites for hydroxylation is 1. The molecule has 0 unspecified atom stereocenters. The molecule has 0 amide bonds. The van der Waals surface area contributed by atoms with Crippen molar-refractivity contribution in [1.29, 1.82) is 0 Å². The van der Waals surface area contributed by atoms with Crippen molar-refractivity contribution in [3.63, 3.8) is 0 Å². The zero-order valence-electron chi connectivity index (χ0n) is 26.1. The summed E-state index contributed by atoms with van der Waals surface area (Å²) in [5, 5.41) is 23.7. The second kappa shape index (κ2) is 17.9. The van der Waals surface area contributed by atoms with Gasteiger partial charge >= 0.3 is 0 Å². The van der Waals surface area contributed by atoms with Crippen molar-refractivity contribution in [2.75, 3.05) is 7.11 Å². The molecule has 4 aromatic rings. The number of ketones is 1. The van der Waals surface area contributed by atoms with E-state index in [2.05, 4.69) is 17.3 Å². The Bertz CT molecular complexity index is 1330. The van der Waals surface area contributed by atoms with Gasteiger partial charge in [0.1, 0.15) is 28.7 Å². The number of ether oxygens (including phenoxy) is 1. The molecule has 0 bridgehead atoms. The van der Waals surface area contributed by atoms with Crippen molar-refractivity contribution in [3.05, 3.63) is 83.9 Å². The Morgan fingerprint density at radius 2 is 1.16 bits per heavy atom. The Balaban J connectivity index is 1.08. The summed E-state index contributed by atoms with van der Waals surface area (Å²) in [4.78, 5) is 13.0. The Hall–Kier alpha value is -4.06. The smallest absolute Gasteiger partial charge is 0.171 e. The Labute approximate surface area is 262 Å².